The maximum absolute atomic E-state index is 13.9. The molecule has 1 aliphatic rings. The van der Waals surface area contributed by atoms with Crippen molar-refractivity contribution >= 4 is 32.6 Å². The van der Waals surface area contributed by atoms with E-state index in [1.165, 1.54) is 54.7 Å². The number of anilines is 1. The number of sulfonamides is 1. The molecule has 1 atom stereocenters. The second-order valence-corrected chi connectivity index (χ2v) is 11.7. The average molecular weight is 571 g/mol. The zero-order chi connectivity index (χ0) is 28.9. The number of aromatic carboxylic acids is 1. The van der Waals surface area contributed by atoms with E-state index in [0.717, 1.165) is 15.1 Å². The fourth-order valence-electron chi connectivity index (χ4n) is 4.88. The van der Waals surface area contributed by atoms with Crippen molar-refractivity contribution in [2.24, 2.45) is 5.92 Å². The highest BCUT2D eigenvalue weighted by Gasteiger charge is 2.62. The van der Waals surface area contributed by atoms with E-state index in [0.29, 0.717) is 11.1 Å². The van der Waals surface area contributed by atoms with Gasteiger partial charge in [0.1, 0.15) is 5.82 Å². The van der Waals surface area contributed by atoms with Gasteiger partial charge in [-0.05, 0) is 60.5 Å². The Morgan fingerprint density at radius 1 is 1.00 bits per heavy atom. The molecule has 1 saturated carbocycles. The number of nitrogens with zero attached hydrogens (tertiary/aromatic N) is 2. The van der Waals surface area contributed by atoms with Gasteiger partial charge >= 0.3 is 12.1 Å². The van der Waals surface area contributed by atoms with Gasteiger partial charge in [0.25, 0.3) is 10.0 Å². The first-order valence-corrected chi connectivity index (χ1v) is 13.9. The van der Waals surface area contributed by atoms with E-state index in [4.69, 9.17) is 0 Å². The number of carboxylic acids is 1. The van der Waals surface area contributed by atoms with Crippen LogP contribution in [0.3, 0.4) is 0 Å². The van der Waals surface area contributed by atoms with E-state index in [9.17, 15) is 36.6 Å². The molecular weight excluding hydrogens is 545 g/mol. The van der Waals surface area contributed by atoms with Gasteiger partial charge in [0, 0.05) is 23.1 Å². The Labute approximate surface area is 228 Å². The van der Waals surface area contributed by atoms with Crippen molar-refractivity contribution in [1.29, 1.82) is 0 Å². The summed E-state index contributed by atoms with van der Waals surface area (Å²) in [5, 5.41) is 21.4. The van der Waals surface area contributed by atoms with Crippen LogP contribution >= 0.6 is 0 Å². The molecule has 1 fully saturated rings. The van der Waals surface area contributed by atoms with Gasteiger partial charge in [0.15, 0.2) is 5.60 Å². The van der Waals surface area contributed by atoms with E-state index in [-0.39, 0.29) is 41.2 Å². The molecule has 5 rings (SSSR count). The number of fused-ring (bicyclic) bond motifs is 1. The molecule has 0 saturated heterocycles. The van der Waals surface area contributed by atoms with E-state index in [1.54, 1.807) is 6.92 Å². The molecule has 0 aliphatic heterocycles. The minimum atomic E-state index is -4.86. The topological polar surface area (TPSA) is 108 Å². The van der Waals surface area contributed by atoms with E-state index in [1.807, 2.05) is 24.3 Å². The van der Waals surface area contributed by atoms with Gasteiger partial charge in [0.2, 0.25) is 0 Å². The molecule has 1 heterocycles. The average Bonchev–Trinajstić information content (AvgIpc) is 3.78. The Balaban J connectivity index is 1.58. The monoisotopic (exact) mass is 570 g/mol. The highest BCUT2D eigenvalue weighted by atomic mass is 32.2. The van der Waals surface area contributed by atoms with Crippen LogP contribution in [0.5, 0.6) is 0 Å². The standard InChI is InChI=1S/C29H25F3N2O5S/c1-18-25-5-3-2-4-21(25)16-33-26(18)34(40(38,39)24-14-8-20(9-15-24)27(35)36)17-19-6-10-22(11-7-19)28(37,23-12-13-23)29(30,31)32/h2-11,14-16,23,37H,12-13,17H2,1H3,(H,35,36). The molecule has 208 valence electrons. The zero-order valence-electron chi connectivity index (χ0n) is 21.3. The van der Waals surface area contributed by atoms with Crippen molar-refractivity contribution in [2.45, 2.75) is 43.0 Å². The SMILES string of the molecule is Cc1c(N(Cc2ccc(C(O)(C3CC3)C(F)(F)F)cc2)S(=O)(=O)c2ccc(C(=O)O)cc2)ncc2ccccc12. The van der Waals surface area contributed by atoms with E-state index >= 15 is 0 Å². The Morgan fingerprint density at radius 3 is 2.20 bits per heavy atom. The Hall–Kier alpha value is -3.96. The molecule has 0 bridgehead atoms. The molecule has 11 heteroatoms. The van der Waals surface area contributed by atoms with Crippen LogP contribution in [0.1, 0.15) is 39.9 Å². The minimum absolute atomic E-state index is 0.0890. The normalized spacial score (nSPS) is 15.5. The van der Waals surface area contributed by atoms with Gasteiger partial charge in [0.05, 0.1) is 17.0 Å². The van der Waals surface area contributed by atoms with Crippen molar-refractivity contribution in [2.75, 3.05) is 4.31 Å². The molecule has 0 amide bonds. The number of hydrogen-bond donors (Lipinski definition) is 2. The molecule has 2 N–H and O–H groups in total. The van der Waals surface area contributed by atoms with Gasteiger partial charge in [-0.25, -0.2) is 22.5 Å². The number of halogens is 3. The quantitative estimate of drug-likeness (QED) is 0.277. The lowest BCUT2D eigenvalue weighted by atomic mass is 9.87. The Bertz CT molecular complexity index is 1690. The number of carbonyl (C=O) groups is 1. The molecular formula is C29H25F3N2O5S. The molecule has 40 heavy (non-hydrogen) atoms. The smallest absolute Gasteiger partial charge is 0.421 e. The summed E-state index contributed by atoms with van der Waals surface area (Å²) in [6.07, 6.45) is -2.80. The van der Waals surface area contributed by atoms with Crippen LogP contribution in [0.4, 0.5) is 19.0 Å². The summed E-state index contributed by atoms with van der Waals surface area (Å²) in [5.74, 6) is -2.01. The number of alkyl halides is 3. The third kappa shape index (κ3) is 4.79. The second kappa shape index (κ2) is 9.90. The van der Waals surface area contributed by atoms with Crippen LogP contribution in [-0.2, 0) is 22.2 Å². The van der Waals surface area contributed by atoms with Gasteiger partial charge < -0.3 is 10.2 Å². The van der Waals surface area contributed by atoms with Crippen LogP contribution in [0.2, 0.25) is 0 Å². The fraction of sp³-hybridized carbons (Fsp3) is 0.241. The lowest BCUT2D eigenvalue weighted by Crippen LogP contribution is -2.44. The fourth-order valence-corrected chi connectivity index (χ4v) is 6.35. The molecule has 0 spiro atoms. The number of pyridine rings is 1. The lowest BCUT2D eigenvalue weighted by molar-refractivity contribution is -0.275. The highest BCUT2D eigenvalue weighted by molar-refractivity contribution is 7.92. The van der Waals surface area contributed by atoms with Crippen molar-refractivity contribution < 1.29 is 36.6 Å². The number of aliphatic hydroxyl groups is 1. The summed E-state index contributed by atoms with van der Waals surface area (Å²) in [6.45, 7) is 1.45. The molecule has 1 unspecified atom stereocenters. The number of aromatic nitrogens is 1. The third-order valence-corrected chi connectivity index (χ3v) is 9.02. The summed E-state index contributed by atoms with van der Waals surface area (Å²) in [6, 6.07) is 17.1. The summed E-state index contributed by atoms with van der Waals surface area (Å²) in [5.41, 5.74) is -2.43. The van der Waals surface area contributed by atoms with Gasteiger partial charge in [-0.3, -0.25) is 0 Å². The highest BCUT2D eigenvalue weighted by Crippen LogP contribution is 2.54. The second-order valence-electron chi connectivity index (χ2n) is 9.87. The van der Waals surface area contributed by atoms with Crippen molar-refractivity contribution in [3.8, 4) is 0 Å². The van der Waals surface area contributed by atoms with Gasteiger partial charge in [-0.15, -0.1) is 0 Å². The predicted octanol–water partition coefficient (Wildman–Crippen LogP) is 5.80. The first kappa shape index (κ1) is 27.6. The predicted molar refractivity (Wildman–Crippen MR) is 142 cm³/mol. The summed E-state index contributed by atoms with van der Waals surface area (Å²) in [4.78, 5) is 15.5. The molecule has 3 aromatic carbocycles. The number of rotatable bonds is 8. The Morgan fingerprint density at radius 2 is 1.62 bits per heavy atom. The maximum Gasteiger partial charge on any atom is 0.421 e. The van der Waals surface area contributed by atoms with E-state index in [2.05, 4.69) is 4.98 Å². The summed E-state index contributed by atoms with van der Waals surface area (Å²) < 4.78 is 70.3. The molecule has 0 radical (unpaired) electrons. The van der Waals surface area contributed by atoms with Crippen LogP contribution in [0.25, 0.3) is 10.8 Å². The van der Waals surface area contributed by atoms with Crippen LogP contribution in [0.15, 0.2) is 83.9 Å². The minimum Gasteiger partial charge on any atom is -0.478 e. The first-order chi connectivity index (χ1) is 18.8. The van der Waals surface area contributed by atoms with Crippen molar-refractivity contribution in [3.63, 3.8) is 0 Å². The van der Waals surface area contributed by atoms with Gasteiger partial charge in [-0.1, -0.05) is 48.5 Å². The van der Waals surface area contributed by atoms with E-state index < -0.39 is 33.7 Å². The van der Waals surface area contributed by atoms with Crippen molar-refractivity contribution in [3.05, 3.63) is 101 Å². The van der Waals surface area contributed by atoms with Crippen LogP contribution in [0, 0.1) is 12.8 Å². The largest absolute Gasteiger partial charge is 0.478 e. The lowest BCUT2D eigenvalue weighted by Gasteiger charge is -2.31. The Kier molecular flexibility index (Phi) is 6.83. The summed E-state index contributed by atoms with van der Waals surface area (Å²) >= 11 is 0. The number of carboxylic acid groups (broad SMARTS) is 1. The zero-order valence-corrected chi connectivity index (χ0v) is 22.1. The molecule has 1 aromatic heterocycles. The summed E-state index contributed by atoms with van der Waals surface area (Å²) in [7, 11) is -4.30. The first-order valence-electron chi connectivity index (χ1n) is 12.4. The molecule has 7 nitrogen and oxygen atoms in total. The van der Waals surface area contributed by atoms with Crippen LogP contribution in [-0.4, -0.2) is 35.8 Å². The maximum atomic E-state index is 13.9. The molecule has 4 aromatic rings. The number of aryl methyl sites for hydroxylation is 1. The van der Waals surface area contributed by atoms with Crippen molar-refractivity contribution in [1.82, 2.24) is 4.98 Å². The molecule has 1 aliphatic carbocycles. The number of benzene rings is 3. The number of hydrogen-bond acceptors (Lipinski definition) is 5. The van der Waals surface area contributed by atoms with Gasteiger partial charge in [-0.2, -0.15) is 13.2 Å². The van der Waals surface area contributed by atoms with Crippen LogP contribution < -0.4 is 4.31 Å². The third-order valence-electron chi connectivity index (χ3n) is 7.27.